The predicted octanol–water partition coefficient (Wildman–Crippen LogP) is 0.960. The van der Waals surface area contributed by atoms with Gasteiger partial charge in [0.15, 0.2) is 5.79 Å². The molecule has 0 aromatic rings. The van der Waals surface area contributed by atoms with Crippen LogP contribution in [-0.4, -0.2) is 34.9 Å². The maximum absolute atomic E-state index is 10.7. The molecule has 1 fully saturated rings. The number of carbonyl (C=O) groups excluding carboxylic acids is 1. The summed E-state index contributed by atoms with van der Waals surface area (Å²) in [7, 11) is 0. The Morgan fingerprint density at radius 2 is 2.13 bits per heavy atom. The lowest BCUT2D eigenvalue weighted by Gasteiger charge is -2.44. The molecule has 0 aromatic heterocycles. The van der Waals surface area contributed by atoms with E-state index in [1.54, 1.807) is 20.8 Å². The number of aldehydes is 1. The Morgan fingerprint density at radius 3 is 2.60 bits per heavy atom. The van der Waals surface area contributed by atoms with Crippen molar-refractivity contribution in [3.63, 3.8) is 0 Å². The molecule has 0 radical (unpaired) electrons. The molecule has 0 aliphatic carbocycles. The molecule has 1 N–H and O–H groups in total. The third-order valence-electron chi connectivity index (χ3n) is 2.24. The molecule has 86 valence electrons. The summed E-state index contributed by atoms with van der Waals surface area (Å²) in [6, 6.07) is 0. The van der Waals surface area contributed by atoms with E-state index in [1.165, 1.54) is 0 Å². The molecule has 0 spiro atoms. The second kappa shape index (κ2) is 3.90. The van der Waals surface area contributed by atoms with E-state index in [-0.39, 0.29) is 12.8 Å². The largest absolute Gasteiger partial charge is 0.481 e. The van der Waals surface area contributed by atoms with Crippen LogP contribution in [0.4, 0.5) is 0 Å². The van der Waals surface area contributed by atoms with Gasteiger partial charge in [-0.05, 0) is 20.8 Å². The third-order valence-corrected chi connectivity index (χ3v) is 2.24. The van der Waals surface area contributed by atoms with Crippen molar-refractivity contribution in [1.82, 2.24) is 0 Å². The standard InChI is InChI=1S/C10H16O5/c1-9(2)14-7(6-11)4-10(3,15-9)5-8(12)13/h6-7H,4-5H2,1-3H3,(H,12,13). The number of carboxylic acid groups (broad SMARTS) is 1. The van der Waals surface area contributed by atoms with Crippen LogP contribution < -0.4 is 0 Å². The third kappa shape index (κ3) is 3.28. The van der Waals surface area contributed by atoms with Crippen molar-refractivity contribution < 1.29 is 24.2 Å². The van der Waals surface area contributed by atoms with Crippen molar-refractivity contribution in [2.75, 3.05) is 0 Å². The summed E-state index contributed by atoms with van der Waals surface area (Å²) in [5.41, 5.74) is -0.848. The monoisotopic (exact) mass is 216 g/mol. The van der Waals surface area contributed by atoms with Gasteiger partial charge in [-0.15, -0.1) is 0 Å². The molecule has 1 heterocycles. The maximum atomic E-state index is 10.7. The van der Waals surface area contributed by atoms with Gasteiger partial charge >= 0.3 is 5.97 Å². The number of aliphatic carboxylic acids is 1. The normalized spacial score (nSPS) is 34.7. The van der Waals surface area contributed by atoms with Crippen LogP contribution >= 0.6 is 0 Å². The molecule has 15 heavy (non-hydrogen) atoms. The fraction of sp³-hybridized carbons (Fsp3) is 0.800. The van der Waals surface area contributed by atoms with E-state index in [0.29, 0.717) is 6.29 Å². The number of carbonyl (C=O) groups is 2. The topological polar surface area (TPSA) is 72.8 Å². The summed E-state index contributed by atoms with van der Waals surface area (Å²) in [5, 5.41) is 8.75. The number of hydrogen-bond acceptors (Lipinski definition) is 4. The Morgan fingerprint density at radius 1 is 1.53 bits per heavy atom. The minimum absolute atomic E-state index is 0.135. The van der Waals surface area contributed by atoms with Crippen LogP contribution in [0.15, 0.2) is 0 Å². The van der Waals surface area contributed by atoms with Gasteiger partial charge in [0.25, 0.3) is 0 Å². The fourth-order valence-corrected chi connectivity index (χ4v) is 1.99. The van der Waals surface area contributed by atoms with Crippen LogP contribution in [0.25, 0.3) is 0 Å². The van der Waals surface area contributed by atoms with E-state index in [4.69, 9.17) is 14.6 Å². The van der Waals surface area contributed by atoms with Gasteiger partial charge < -0.3 is 19.4 Å². The maximum Gasteiger partial charge on any atom is 0.306 e. The highest BCUT2D eigenvalue weighted by Crippen LogP contribution is 2.35. The summed E-state index contributed by atoms with van der Waals surface area (Å²) in [5.74, 6) is -1.87. The fourth-order valence-electron chi connectivity index (χ4n) is 1.99. The number of ether oxygens (including phenoxy) is 2. The number of rotatable bonds is 3. The molecule has 1 saturated heterocycles. The molecule has 1 rings (SSSR count). The molecular weight excluding hydrogens is 200 g/mol. The van der Waals surface area contributed by atoms with E-state index in [2.05, 4.69) is 0 Å². The summed E-state index contributed by atoms with van der Waals surface area (Å²) in [4.78, 5) is 21.4. The first-order valence-corrected chi connectivity index (χ1v) is 4.81. The Balaban J connectivity index is 2.80. The second-order valence-corrected chi connectivity index (χ2v) is 4.52. The lowest BCUT2D eigenvalue weighted by atomic mass is 9.92. The zero-order valence-corrected chi connectivity index (χ0v) is 9.15. The summed E-state index contributed by atoms with van der Waals surface area (Å²) >= 11 is 0. The van der Waals surface area contributed by atoms with Crippen LogP contribution in [0.2, 0.25) is 0 Å². The molecule has 2 atom stereocenters. The summed E-state index contributed by atoms with van der Waals surface area (Å²) < 4.78 is 10.9. The van der Waals surface area contributed by atoms with Crippen molar-refractivity contribution in [3.8, 4) is 0 Å². The molecule has 0 aromatic carbocycles. The van der Waals surface area contributed by atoms with Gasteiger partial charge in [0.2, 0.25) is 0 Å². The van der Waals surface area contributed by atoms with Gasteiger partial charge in [0.1, 0.15) is 12.4 Å². The first-order chi connectivity index (χ1) is 6.76. The summed E-state index contributed by atoms with van der Waals surface area (Å²) in [6.07, 6.45) is 0.221. The summed E-state index contributed by atoms with van der Waals surface area (Å²) in [6.45, 7) is 5.02. The smallest absolute Gasteiger partial charge is 0.306 e. The van der Waals surface area contributed by atoms with Crippen LogP contribution in [0, 0.1) is 0 Å². The molecule has 2 unspecified atom stereocenters. The van der Waals surface area contributed by atoms with Gasteiger partial charge in [-0.2, -0.15) is 0 Å². The molecule has 0 bridgehead atoms. The van der Waals surface area contributed by atoms with E-state index in [0.717, 1.165) is 0 Å². The quantitative estimate of drug-likeness (QED) is 0.711. The van der Waals surface area contributed by atoms with Crippen molar-refractivity contribution in [2.45, 2.75) is 51.1 Å². The zero-order chi connectivity index (χ0) is 11.7. The van der Waals surface area contributed by atoms with E-state index in [1.807, 2.05) is 0 Å². The predicted molar refractivity (Wildman–Crippen MR) is 51.4 cm³/mol. The van der Waals surface area contributed by atoms with Crippen molar-refractivity contribution in [1.29, 1.82) is 0 Å². The van der Waals surface area contributed by atoms with Crippen LogP contribution in [0.1, 0.15) is 33.6 Å². The van der Waals surface area contributed by atoms with Crippen molar-refractivity contribution in [3.05, 3.63) is 0 Å². The molecular formula is C10H16O5. The van der Waals surface area contributed by atoms with Gasteiger partial charge in [-0.1, -0.05) is 0 Å². The van der Waals surface area contributed by atoms with E-state index >= 15 is 0 Å². The van der Waals surface area contributed by atoms with Crippen LogP contribution in [-0.2, 0) is 19.1 Å². The van der Waals surface area contributed by atoms with Gasteiger partial charge in [-0.25, -0.2) is 0 Å². The Hall–Kier alpha value is -0.940. The first kappa shape index (κ1) is 12.1. The van der Waals surface area contributed by atoms with Gasteiger partial charge in [0, 0.05) is 6.42 Å². The van der Waals surface area contributed by atoms with Crippen LogP contribution in [0.3, 0.4) is 0 Å². The Labute approximate surface area is 88.4 Å². The van der Waals surface area contributed by atoms with Crippen LogP contribution in [0.5, 0.6) is 0 Å². The highest BCUT2D eigenvalue weighted by molar-refractivity contribution is 5.68. The Kier molecular flexibility index (Phi) is 3.16. The van der Waals surface area contributed by atoms with E-state index < -0.39 is 23.5 Å². The SMILES string of the molecule is CC1(CC(=O)O)CC(C=O)OC(C)(C)O1. The highest BCUT2D eigenvalue weighted by atomic mass is 16.7. The number of hydrogen-bond donors (Lipinski definition) is 1. The lowest BCUT2D eigenvalue weighted by molar-refractivity contribution is -0.321. The average molecular weight is 216 g/mol. The second-order valence-electron chi connectivity index (χ2n) is 4.52. The molecule has 1 aliphatic heterocycles. The highest BCUT2D eigenvalue weighted by Gasteiger charge is 2.44. The van der Waals surface area contributed by atoms with Crippen molar-refractivity contribution in [2.24, 2.45) is 0 Å². The molecule has 5 heteroatoms. The first-order valence-electron chi connectivity index (χ1n) is 4.81. The zero-order valence-electron chi connectivity index (χ0n) is 9.15. The minimum atomic E-state index is -0.945. The number of carboxylic acids is 1. The van der Waals surface area contributed by atoms with E-state index in [9.17, 15) is 9.59 Å². The molecule has 1 aliphatic rings. The minimum Gasteiger partial charge on any atom is -0.481 e. The average Bonchev–Trinajstić information content (AvgIpc) is 1.97. The molecule has 0 saturated carbocycles. The van der Waals surface area contributed by atoms with Gasteiger partial charge in [-0.3, -0.25) is 4.79 Å². The molecule has 5 nitrogen and oxygen atoms in total. The molecule has 0 amide bonds. The van der Waals surface area contributed by atoms with Gasteiger partial charge in [0.05, 0.1) is 12.0 Å². The Bertz CT molecular complexity index is 273. The van der Waals surface area contributed by atoms with Crippen molar-refractivity contribution >= 4 is 12.3 Å². The lowest BCUT2D eigenvalue weighted by Crippen LogP contribution is -2.52.